The summed E-state index contributed by atoms with van der Waals surface area (Å²) in [6.07, 6.45) is 6.21. The van der Waals surface area contributed by atoms with Crippen LogP contribution in [0.3, 0.4) is 0 Å². The first-order valence-electron chi connectivity index (χ1n) is 7.99. The molecule has 2 aliphatic rings. The molecule has 0 aromatic carbocycles. The summed E-state index contributed by atoms with van der Waals surface area (Å²) < 4.78 is 0. The summed E-state index contributed by atoms with van der Waals surface area (Å²) in [4.78, 5) is 17.0. The third-order valence-corrected chi connectivity index (χ3v) is 5.46. The Labute approximate surface area is 125 Å². The van der Waals surface area contributed by atoms with Gasteiger partial charge >= 0.3 is 0 Å². The molecule has 5 nitrogen and oxygen atoms in total. The van der Waals surface area contributed by atoms with Gasteiger partial charge in [-0.2, -0.15) is 0 Å². The Morgan fingerprint density at radius 2 is 2.05 bits per heavy atom. The Morgan fingerprint density at radius 1 is 1.29 bits per heavy atom. The monoisotopic (exact) mass is 285 g/mol. The van der Waals surface area contributed by atoms with Crippen LogP contribution in [0.5, 0.6) is 0 Å². The molecule has 1 unspecified atom stereocenters. The van der Waals surface area contributed by atoms with Crippen LogP contribution in [0.2, 0.25) is 0 Å². The van der Waals surface area contributed by atoms with Crippen LogP contribution >= 0.6 is 0 Å². The van der Waals surface area contributed by atoms with Gasteiger partial charge < -0.3 is 14.8 Å². The molecule has 21 heavy (non-hydrogen) atoms. The molecule has 5 heteroatoms. The average molecular weight is 285 g/mol. The molecule has 1 saturated carbocycles. The first-order chi connectivity index (χ1) is 10.3. The van der Waals surface area contributed by atoms with Crippen LogP contribution in [0.15, 0.2) is 18.6 Å². The molecule has 0 amide bonds. The number of nitrogens with one attached hydrogen (secondary N) is 1. The third kappa shape index (κ3) is 2.11. The number of aromatic nitrogens is 3. The lowest BCUT2D eigenvalue weighted by atomic mass is 10.0. The van der Waals surface area contributed by atoms with Gasteiger partial charge in [-0.1, -0.05) is 6.92 Å². The lowest BCUT2D eigenvalue weighted by Gasteiger charge is -2.27. The average Bonchev–Trinajstić information content (AvgIpc) is 3.18. The maximum Gasteiger partial charge on any atom is 0.142 e. The van der Waals surface area contributed by atoms with E-state index in [4.69, 9.17) is 0 Å². The van der Waals surface area contributed by atoms with Gasteiger partial charge in [-0.05, 0) is 37.3 Å². The molecule has 2 aromatic heterocycles. The second-order valence-corrected chi connectivity index (χ2v) is 6.55. The number of rotatable bonds is 3. The summed E-state index contributed by atoms with van der Waals surface area (Å²) in [5.74, 6) is 2.82. The van der Waals surface area contributed by atoms with Gasteiger partial charge in [-0.3, -0.25) is 0 Å². The van der Waals surface area contributed by atoms with Crippen molar-refractivity contribution < 1.29 is 0 Å². The van der Waals surface area contributed by atoms with Crippen LogP contribution in [0.25, 0.3) is 11.0 Å². The van der Waals surface area contributed by atoms with Crippen molar-refractivity contribution in [3.63, 3.8) is 0 Å². The predicted molar refractivity (Wildman–Crippen MR) is 84.4 cm³/mol. The molecule has 0 spiro atoms. The SMILES string of the molecule is CCN1CC2C[C@@H](N(C)c3ncnc4[nH]ccc34)C[C@H]2C1. The minimum Gasteiger partial charge on any atom is -0.356 e. The van der Waals surface area contributed by atoms with Crippen molar-refractivity contribution in [3.8, 4) is 0 Å². The van der Waals surface area contributed by atoms with Crippen molar-refractivity contribution in [1.29, 1.82) is 0 Å². The molecule has 1 N–H and O–H groups in total. The fourth-order valence-electron chi connectivity index (χ4n) is 4.25. The van der Waals surface area contributed by atoms with Gasteiger partial charge in [0.1, 0.15) is 17.8 Å². The van der Waals surface area contributed by atoms with Gasteiger partial charge in [0.05, 0.1) is 5.39 Å². The fourth-order valence-corrected chi connectivity index (χ4v) is 4.25. The zero-order valence-corrected chi connectivity index (χ0v) is 12.8. The molecule has 1 aliphatic heterocycles. The molecule has 1 saturated heterocycles. The molecular weight excluding hydrogens is 262 g/mol. The standard InChI is InChI=1S/C16H23N5/c1-3-21-8-11-6-13(7-12(11)9-21)20(2)16-14-4-5-17-15(14)18-10-19-16/h4-5,10-13H,3,6-9H2,1-2H3,(H,17,18,19)/t11-,12?,13-/m0/s1. The van der Waals surface area contributed by atoms with E-state index in [1.54, 1.807) is 6.33 Å². The summed E-state index contributed by atoms with van der Waals surface area (Å²) >= 11 is 0. The van der Waals surface area contributed by atoms with Gasteiger partial charge in [-0.25, -0.2) is 9.97 Å². The largest absolute Gasteiger partial charge is 0.356 e. The highest BCUT2D eigenvalue weighted by Gasteiger charge is 2.41. The highest BCUT2D eigenvalue weighted by Crippen LogP contribution is 2.41. The van der Waals surface area contributed by atoms with Gasteiger partial charge in [0.15, 0.2) is 0 Å². The molecular formula is C16H23N5. The number of hydrogen-bond acceptors (Lipinski definition) is 4. The van der Waals surface area contributed by atoms with Crippen LogP contribution in [0.4, 0.5) is 5.82 Å². The molecule has 0 bridgehead atoms. The molecule has 1 aliphatic carbocycles. The van der Waals surface area contributed by atoms with E-state index >= 15 is 0 Å². The third-order valence-electron chi connectivity index (χ3n) is 5.46. The maximum atomic E-state index is 4.53. The highest BCUT2D eigenvalue weighted by atomic mass is 15.2. The van der Waals surface area contributed by atoms with E-state index in [9.17, 15) is 0 Å². The maximum absolute atomic E-state index is 4.53. The van der Waals surface area contributed by atoms with Crippen molar-refractivity contribution in [2.45, 2.75) is 25.8 Å². The van der Waals surface area contributed by atoms with Crippen molar-refractivity contribution in [1.82, 2.24) is 19.9 Å². The lowest BCUT2D eigenvalue weighted by Crippen LogP contribution is -2.32. The number of fused-ring (bicyclic) bond motifs is 2. The molecule has 2 aromatic rings. The number of hydrogen-bond donors (Lipinski definition) is 1. The molecule has 3 heterocycles. The fraction of sp³-hybridized carbons (Fsp3) is 0.625. The minimum atomic E-state index is 0.618. The van der Waals surface area contributed by atoms with Gasteiger partial charge in [0, 0.05) is 32.4 Å². The Hall–Kier alpha value is -1.62. The molecule has 2 fully saturated rings. The summed E-state index contributed by atoms with van der Waals surface area (Å²) in [7, 11) is 2.19. The van der Waals surface area contributed by atoms with E-state index in [1.807, 2.05) is 6.20 Å². The van der Waals surface area contributed by atoms with Crippen LogP contribution in [-0.4, -0.2) is 52.6 Å². The van der Waals surface area contributed by atoms with E-state index in [1.165, 1.54) is 32.5 Å². The number of likely N-dealkylation sites (tertiary alicyclic amines) is 1. The summed E-state index contributed by atoms with van der Waals surface area (Å²) in [6.45, 7) is 6.04. The molecule has 3 atom stereocenters. The molecule has 0 radical (unpaired) electrons. The second-order valence-electron chi connectivity index (χ2n) is 6.55. The van der Waals surface area contributed by atoms with Crippen LogP contribution < -0.4 is 4.90 Å². The highest BCUT2D eigenvalue weighted by molar-refractivity contribution is 5.87. The molecule has 4 rings (SSSR count). The van der Waals surface area contributed by atoms with E-state index in [0.717, 1.165) is 28.7 Å². The van der Waals surface area contributed by atoms with Crippen LogP contribution in [0.1, 0.15) is 19.8 Å². The van der Waals surface area contributed by atoms with Gasteiger partial charge in [-0.15, -0.1) is 0 Å². The summed E-state index contributed by atoms with van der Waals surface area (Å²) in [6, 6.07) is 2.70. The van der Waals surface area contributed by atoms with E-state index in [-0.39, 0.29) is 0 Å². The first-order valence-corrected chi connectivity index (χ1v) is 7.99. The van der Waals surface area contributed by atoms with Crippen molar-refractivity contribution >= 4 is 16.9 Å². The number of anilines is 1. The Balaban J connectivity index is 1.54. The number of nitrogens with zero attached hydrogens (tertiary/aromatic N) is 4. The topological polar surface area (TPSA) is 48.1 Å². The Bertz CT molecular complexity index is 622. The lowest BCUT2D eigenvalue weighted by molar-refractivity contribution is 0.322. The van der Waals surface area contributed by atoms with Crippen molar-refractivity contribution in [3.05, 3.63) is 18.6 Å². The summed E-state index contributed by atoms with van der Waals surface area (Å²) in [5, 5.41) is 1.13. The zero-order valence-electron chi connectivity index (χ0n) is 12.8. The van der Waals surface area contributed by atoms with E-state index in [0.29, 0.717) is 6.04 Å². The predicted octanol–water partition coefficient (Wildman–Crippen LogP) is 2.12. The zero-order chi connectivity index (χ0) is 14.4. The quantitative estimate of drug-likeness (QED) is 0.938. The first kappa shape index (κ1) is 13.1. The normalized spacial score (nSPS) is 29.1. The minimum absolute atomic E-state index is 0.618. The van der Waals surface area contributed by atoms with E-state index < -0.39 is 0 Å². The second kappa shape index (κ2) is 4.98. The van der Waals surface area contributed by atoms with Gasteiger partial charge in [0.25, 0.3) is 0 Å². The summed E-state index contributed by atoms with van der Waals surface area (Å²) in [5.41, 5.74) is 0.933. The van der Waals surface area contributed by atoms with Crippen molar-refractivity contribution in [2.75, 3.05) is 31.6 Å². The van der Waals surface area contributed by atoms with Crippen LogP contribution in [-0.2, 0) is 0 Å². The van der Waals surface area contributed by atoms with E-state index in [2.05, 4.69) is 44.8 Å². The number of aromatic amines is 1. The Morgan fingerprint density at radius 3 is 2.76 bits per heavy atom. The van der Waals surface area contributed by atoms with Gasteiger partial charge in [0.2, 0.25) is 0 Å². The Kier molecular flexibility index (Phi) is 3.10. The molecule has 112 valence electrons. The van der Waals surface area contributed by atoms with Crippen LogP contribution in [0, 0.1) is 11.8 Å². The number of H-pyrrole nitrogens is 1. The smallest absolute Gasteiger partial charge is 0.142 e. The van der Waals surface area contributed by atoms with Crippen molar-refractivity contribution in [2.24, 2.45) is 11.8 Å².